The standard InChI is InChI=1S/C30H42N6O11/c1-14(2)10-18-26(43)35-21(13-23(40)41)29(46)36-24(16(4)37)30(47)31-15(3)25(42)32-19(11-17-8-6-5-7-9-17)27(44)34-20(12-22(38)39)28(45)33-18/h5-9,14-16,18-21,24,37H,10-13H2,1-4H3,(H,31,47)(H,32,42)(H,33,45)(H,34,44)(H,35,43)(H,36,46)(H,38,39)(H,40,41)/t15-,16+,18-,19+,20-,21-,24-/m0/s1. The van der Waals surface area contributed by atoms with Gasteiger partial charge in [-0.2, -0.15) is 0 Å². The Morgan fingerprint density at radius 1 is 0.638 bits per heavy atom. The number of carbonyl (C=O) groups excluding carboxylic acids is 6. The van der Waals surface area contributed by atoms with E-state index in [9.17, 15) is 53.7 Å². The second-order valence-corrected chi connectivity index (χ2v) is 11.7. The number of hydrogen-bond acceptors (Lipinski definition) is 9. The number of amides is 6. The third-order valence-corrected chi connectivity index (χ3v) is 7.09. The van der Waals surface area contributed by atoms with E-state index in [-0.39, 0.29) is 18.8 Å². The molecule has 1 aromatic rings. The zero-order valence-electron chi connectivity index (χ0n) is 26.4. The molecule has 6 amide bonds. The van der Waals surface area contributed by atoms with Crippen molar-refractivity contribution in [2.75, 3.05) is 0 Å². The van der Waals surface area contributed by atoms with Crippen LogP contribution in [0.15, 0.2) is 30.3 Å². The second kappa shape index (κ2) is 17.6. The molecular weight excluding hydrogens is 620 g/mol. The first-order valence-electron chi connectivity index (χ1n) is 15.0. The number of carboxylic acid groups (broad SMARTS) is 2. The maximum absolute atomic E-state index is 13.5. The summed E-state index contributed by atoms with van der Waals surface area (Å²) in [5, 5.41) is 43.1. The van der Waals surface area contributed by atoms with Crippen molar-refractivity contribution >= 4 is 47.4 Å². The van der Waals surface area contributed by atoms with Crippen molar-refractivity contribution in [2.24, 2.45) is 5.92 Å². The molecule has 0 bridgehead atoms. The van der Waals surface area contributed by atoms with E-state index in [4.69, 9.17) is 0 Å². The molecule has 1 heterocycles. The van der Waals surface area contributed by atoms with Gasteiger partial charge in [0.15, 0.2) is 0 Å². The van der Waals surface area contributed by atoms with Crippen LogP contribution in [0.3, 0.4) is 0 Å². The number of carboxylic acids is 2. The van der Waals surface area contributed by atoms with Crippen LogP contribution < -0.4 is 31.9 Å². The molecule has 1 aliphatic rings. The van der Waals surface area contributed by atoms with Crippen molar-refractivity contribution in [3.8, 4) is 0 Å². The lowest BCUT2D eigenvalue weighted by Crippen LogP contribution is -2.63. The molecule has 0 radical (unpaired) electrons. The molecule has 1 saturated heterocycles. The predicted octanol–water partition coefficient (Wildman–Crippen LogP) is -2.45. The van der Waals surface area contributed by atoms with Crippen LogP contribution in [0.1, 0.15) is 52.5 Å². The van der Waals surface area contributed by atoms with Gasteiger partial charge in [-0.25, -0.2) is 0 Å². The van der Waals surface area contributed by atoms with E-state index in [1.807, 2.05) is 0 Å². The molecule has 2 rings (SSSR count). The number of hydrogen-bond donors (Lipinski definition) is 9. The maximum Gasteiger partial charge on any atom is 0.305 e. The van der Waals surface area contributed by atoms with Crippen LogP contribution in [0.25, 0.3) is 0 Å². The van der Waals surface area contributed by atoms with Crippen molar-refractivity contribution in [3.05, 3.63) is 35.9 Å². The topological polar surface area (TPSA) is 269 Å². The molecule has 0 saturated carbocycles. The summed E-state index contributed by atoms with van der Waals surface area (Å²) < 4.78 is 0. The van der Waals surface area contributed by atoms with E-state index < -0.39 is 103 Å². The zero-order chi connectivity index (χ0) is 35.4. The van der Waals surface area contributed by atoms with Crippen LogP contribution in [0.2, 0.25) is 0 Å². The fourth-order valence-corrected chi connectivity index (χ4v) is 4.67. The van der Waals surface area contributed by atoms with Gasteiger partial charge in [-0.05, 0) is 31.7 Å². The fraction of sp³-hybridized carbons (Fsp3) is 0.533. The number of benzene rings is 1. The summed E-state index contributed by atoms with van der Waals surface area (Å²) in [6.45, 7) is 5.82. The van der Waals surface area contributed by atoms with Gasteiger partial charge in [0, 0.05) is 6.42 Å². The van der Waals surface area contributed by atoms with E-state index in [2.05, 4.69) is 31.9 Å². The Kier molecular flexibility index (Phi) is 14.3. The van der Waals surface area contributed by atoms with E-state index in [1.165, 1.54) is 6.92 Å². The molecule has 7 atom stereocenters. The Morgan fingerprint density at radius 2 is 1.09 bits per heavy atom. The van der Waals surface area contributed by atoms with E-state index in [0.717, 1.165) is 6.92 Å². The molecule has 0 unspecified atom stereocenters. The third-order valence-electron chi connectivity index (χ3n) is 7.09. The number of nitrogens with one attached hydrogen (secondary N) is 6. The molecule has 0 aromatic heterocycles. The Bertz CT molecular complexity index is 1340. The van der Waals surface area contributed by atoms with E-state index in [0.29, 0.717) is 5.56 Å². The Morgan fingerprint density at radius 3 is 1.57 bits per heavy atom. The summed E-state index contributed by atoms with van der Waals surface area (Å²) >= 11 is 0. The highest BCUT2D eigenvalue weighted by Gasteiger charge is 2.36. The molecule has 17 nitrogen and oxygen atoms in total. The molecule has 17 heteroatoms. The highest BCUT2D eigenvalue weighted by molar-refractivity contribution is 5.99. The monoisotopic (exact) mass is 662 g/mol. The zero-order valence-corrected chi connectivity index (χ0v) is 26.4. The highest BCUT2D eigenvalue weighted by Crippen LogP contribution is 2.10. The lowest BCUT2D eigenvalue weighted by molar-refractivity contribution is -0.142. The lowest BCUT2D eigenvalue weighted by Gasteiger charge is -2.29. The predicted molar refractivity (Wildman–Crippen MR) is 163 cm³/mol. The van der Waals surface area contributed by atoms with Gasteiger partial charge in [-0.1, -0.05) is 44.2 Å². The Hall–Kier alpha value is -5.06. The first kappa shape index (κ1) is 38.1. The number of rotatable bonds is 9. The Balaban J connectivity index is 2.60. The lowest BCUT2D eigenvalue weighted by atomic mass is 10.0. The van der Waals surface area contributed by atoms with Crippen molar-refractivity contribution in [3.63, 3.8) is 0 Å². The van der Waals surface area contributed by atoms with Gasteiger partial charge < -0.3 is 47.2 Å². The largest absolute Gasteiger partial charge is 0.481 e. The van der Waals surface area contributed by atoms with Crippen LogP contribution in [0.5, 0.6) is 0 Å². The SMILES string of the molecule is CC(C)C[C@@H]1NC(=O)[C@H](CC(=O)O)NC(=O)[C@@H](Cc2ccccc2)NC(=O)[C@H](C)NC(=O)[C@H]([C@@H](C)O)NC(=O)[C@H](CC(=O)O)NC1=O. The molecule has 1 aromatic carbocycles. The molecule has 9 N–H and O–H groups in total. The normalized spacial score (nSPS) is 25.9. The molecule has 0 aliphatic carbocycles. The maximum atomic E-state index is 13.5. The highest BCUT2D eigenvalue weighted by atomic mass is 16.4. The van der Waals surface area contributed by atoms with Crippen LogP contribution >= 0.6 is 0 Å². The first-order valence-corrected chi connectivity index (χ1v) is 15.0. The van der Waals surface area contributed by atoms with Gasteiger partial charge >= 0.3 is 11.9 Å². The van der Waals surface area contributed by atoms with Crippen molar-refractivity contribution in [1.29, 1.82) is 0 Å². The van der Waals surface area contributed by atoms with Gasteiger partial charge in [0.25, 0.3) is 0 Å². The number of carbonyl (C=O) groups is 8. The molecule has 258 valence electrons. The van der Waals surface area contributed by atoms with Crippen molar-refractivity contribution in [1.82, 2.24) is 31.9 Å². The summed E-state index contributed by atoms with van der Waals surface area (Å²) in [7, 11) is 0. The molecule has 47 heavy (non-hydrogen) atoms. The minimum Gasteiger partial charge on any atom is -0.481 e. The summed E-state index contributed by atoms with van der Waals surface area (Å²) in [5.74, 6) is -9.31. The van der Waals surface area contributed by atoms with Crippen LogP contribution in [-0.2, 0) is 44.8 Å². The van der Waals surface area contributed by atoms with Crippen LogP contribution in [0.4, 0.5) is 0 Å². The minimum atomic E-state index is -1.78. The second-order valence-electron chi connectivity index (χ2n) is 11.7. The number of aliphatic carboxylic acids is 2. The quantitative estimate of drug-likeness (QED) is 0.134. The Labute approximate surface area is 270 Å². The van der Waals surface area contributed by atoms with E-state index in [1.54, 1.807) is 44.2 Å². The molecule has 0 spiro atoms. The van der Waals surface area contributed by atoms with Gasteiger partial charge in [0.2, 0.25) is 35.4 Å². The average Bonchev–Trinajstić information content (AvgIpc) is 2.97. The summed E-state index contributed by atoms with van der Waals surface area (Å²) in [5.41, 5.74) is 0.590. The summed E-state index contributed by atoms with van der Waals surface area (Å²) in [6, 6.07) is -0.919. The van der Waals surface area contributed by atoms with Crippen LogP contribution in [0, 0.1) is 5.92 Å². The average molecular weight is 663 g/mol. The number of aliphatic hydroxyl groups excluding tert-OH is 1. The minimum absolute atomic E-state index is 0.0456. The van der Waals surface area contributed by atoms with Gasteiger partial charge in [-0.15, -0.1) is 0 Å². The van der Waals surface area contributed by atoms with Crippen LogP contribution in [-0.4, -0.2) is 105 Å². The van der Waals surface area contributed by atoms with Gasteiger partial charge in [-0.3, -0.25) is 38.4 Å². The van der Waals surface area contributed by atoms with Crippen molar-refractivity contribution in [2.45, 2.75) is 95.7 Å². The number of aliphatic hydroxyl groups is 1. The summed E-state index contributed by atoms with van der Waals surface area (Å²) in [4.78, 5) is 103. The third kappa shape index (κ3) is 12.3. The van der Waals surface area contributed by atoms with Crippen molar-refractivity contribution < 1.29 is 53.7 Å². The smallest absolute Gasteiger partial charge is 0.305 e. The summed E-state index contributed by atoms with van der Waals surface area (Å²) in [6.07, 6.45) is -3.55. The molecular formula is C30H42N6O11. The molecule has 1 aliphatic heterocycles. The van der Waals surface area contributed by atoms with Gasteiger partial charge in [0.05, 0.1) is 18.9 Å². The fourth-order valence-electron chi connectivity index (χ4n) is 4.67. The van der Waals surface area contributed by atoms with E-state index >= 15 is 0 Å². The molecule has 1 fully saturated rings. The van der Waals surface area contributed by atoms with Gasteiger partial charge in [0.1, 0.15) is 36.3 Å². The first-order chi connectivity index (χ1) is 22.0.